The number of hydrogen-bond donors (Lipinski definition) is 1. The number of rotatable bonds is 5. The normalized spacial score (nSPS) is 12.1. The number of nitrogens with one attached hydrogen (secondary N) is 1. The fourth-order valence-electron chi connectivity index (χ4n) is 1.33. The number of carbonyl (C=O) groups is 1. The second-order valence-corrected chi connectivity index (χ2v) is 6.41. The molecule has 0 atom stereocenters. The molecule has 0 radical (unpaired) electrons. The van der Waals surface area contributed by atoms with Crippen LogP contribution in [-0.2, 0) is 14.8 Å². The van der Waals surface area contributed by atoms with Crippen LogP contribution in [0.3, 0.4) is 0 Å². The van der Waals surface area contributed by atoms with Crippen molar-refractivity contribution in [3.8, 4) is 0 Å². The van der Waals surface area contributed by atoms with Gasteiger partial charge in [0.2, 0.25) is 15.9 Å². The highest BCUT2D eigenvalue weighted by Gasteiger charge is 2.16. The molecule has 1 aromatic rings. The van der Waals surface area contributed by atoms with Crippen molar-refractivity contribution in [1.82, 2.24) is 14.1 Å². The molecule has 1 N–H and O–H groups in total. The average Bonchev–Trinajstić information content (AvgIpc) is 2.63. The highest BCUT2D eigenvalue weighted by Crippen LogP contribution is 2.12. The maximum Gasteiger partial charge on any atom is 0.240 e. The molecule has 18 heavy (non-hydrogen) atoms. The van der Waals surface area contributed by atoms with Gasteiger partial charge in [0.05, 0.1) is 19.0 Å². The SMILES string of the molecule is CC(C)n1nccc1NC(=O)CN(C)S(C)(=O)=O. The van der Waals surface area contributed by atoms with Crippen LogP contribution in [0.25, 0.3) is 0 Å². The molecule has 0 bridgehead atoms. The maximum absolute atomic E-state index is 11.7. The molecule has 0 aromatic carbocycles. The minimum absolute atomic E-state index is 0.114. The predicted molar refractivity (Wildman–Crippen MR) is 68.7 cm³/mol. The fourth-order valence-corrected chi connectivity index (χ4v) is 1.68. The molecule has 0 aliphatic carbocycles. The molecule has 1 amide bonds. The van der Waals surface area contributed by atoms with Gasteiger partial charge in [0.1, 0.15) is 5.82 Å². The summed E-state index contributed by atoms with van der Waals surface area (Å²) in [5, 5.41) is 6.70. The first-order valence-electron chi connectivity index (χ1n) is 5.46. The molecular formula is C10H18N4O3S. The summed E-state index contributed by atoms with van der Waals surface area (Å²) in [5.74, 6) is 0.155. The molecule has 102 valence electrons. The zero-order valence-corrected chi connectivity index (χ0v) is 11.7. The highest BCUT2D eigenvalue weighted by atomic mass is 32.2. The molecule has 1 heterocycles. The van der Waals surface area contributed by atoms with E-state index in [0.29, 0.717) is 5.82 Å². The Hall–Kier alpha value is -1.41. The van der Waals surface area contributed by atoms with Gasteiger partial charge < -0.3 is 5.32 Å². The van der Waals surface area contributed by atoms with Crippen molar-refractivity contribution in [2.75, 3.05) is 25.2 Å². The van der Waals surface area contributed by atoms with E-state index >= 15 is 0 Å². The second kappa shape index (κ2) is 5.49. The van der Waals surface area contributed by atoms with E-state index in [4.69, 9.17) is 0 Å². The Kier molecular flexibility index (Phi) is 4.47. The highest BCUT2D eigenvalue weighted by molar-refractivity contribution is 7.88. The molecule has 0 fully saturated rings. The topological polar surface area (TPSA) is 84.3 Å². The molecule has 1 rings (SSSR count). The summed E-state index contributed by atoms with van der Waals surface area (Å²) >= 11 is 0. The monoisotopic (exact) mass is 274 g/mol. The second-order valence-electron chi connectivity index (χ2n) is 4.32. The van der Waals surface area contributed by atoms with E-state index in [-0.39, 0.29) is 12.6 Å². The van der Waals surface area contributed by atoms with Gasteiger partial charge in [-0.25, -0.2) is 13.1 Å². The maximum atomic E-state index is 11.7. The van der Waals surface area contributed by atoms with Gasteiger partial charge in [-0.3, -0.25) is 4.79 Å². The zero-order chi connectivity index (χ0) is 13.9. The van der Waals surface area contributed by atoms with Crippen LogP contribution < -0.4 is 5.32 Å². The summed E-state index contributed by atoms with van der Waals surface area (Å²) in [4.78, 5) is 11.7. The van der Waals surface area contributed by atoms with E-state index in [1.165, 1.54) is 7.05 Å². The lowest BCUT2D eigenvalue weighted by Crippen LogP contribution is -2.34. The Labute approximate surface area is 107 Å². The quantitative estimate of drug-likeness (QED) is 0.836. The first kappa shape index (κ1) is 14.7. The van der Waals surface area contributed by atoms with Gasteiger partial charge >= 0.3 is 0 Å². The van der Waals surface area contributed by atoms with Crippen molar-refractivity contribution >= 4 is 21.7 Å². The smallest absolute Gasteiger partial charge is 0.240 e. The first-order valence-corrected chi connectivity index (χ1v) is 7.31. The lowest BCUT2D eigenvalue weighted by Gasteiger charge is -2.15. The lowest BCUT2D eigenvalue weighted by atomic mass is 10.4. The van der Waals surface area contributed by atoms with Crippen molar-refractivity contribution in [3.63, 3.8) is 0 Å². The number of nitrogens with zero attached hydrogens (tertiary/aromatic N) is 3. The van der Waals surface area contributed by atoms with Gasteiger partial charge in [-0.15, -0.1) is 0 Å². The number of sulfonamides is 1. The van der Waals surface area contributed by atoms with Crippen LogP contribution in [0.2, 0.25) is 0 Å². The standard InChI is InChI=1S/C10H18N4O3S/c1-8(2)14-9(5-6-11-14)12-10(15)7-13(3)18(4,16)17/h5-6,8H,7H2,1-4H3,(H,12,15). The van der Waals surface area contributed by atoms with Crippen molar-refractivity contribution in [2.45, 2.75) is 19.9 Å². The summed E-state index contributed by atoms with van der Waals surface area (Å²) in [6, 6.07) is 1.78. The minimum Gasteiger partial charge on any atom is -0.310 e. The lowest BCUT2D eigenvalue weighted by molar-refractivity contribution is -0.116. The molecular weight excluding hydrogens is 256 g/mol. The fraction of sp³-hybridized carbons (Fsp3) is 0.600. The number of hydrogen-bond acceptors (Lipinski definition) is 4. The van der Waals surface area contributed by atoms with Crippen molar-refractivity contribution < 1.29 is 13.2 Å². The molecule has 0 aliphatic heterocycles. The summed E-state index contributed by atoms with van der Waals surface area (Å²) in [7, 11) is -2.00. The van der Waals surface area contributed by atoms with Gasteiger partial charge in [0.25, 0.3) is 0 Å². The van der Waals surface area contributed by atoms with Crippen LogP contribution >= 0.6 is 0 Å². The van der Waals surface area contributed by atoms with Crippen LogP contribution in [0, 0.1) is 0 Å². The van der Waals surface area contributed by atoms with Crippen LogP contribution in [-0.4, -0.2) is 48.3 Å². The number of aromatic nitrogens is 2. The van der Waals surface area contributed by atoms with Crippen molar-refractivity contribution in [3.05, 3.63) is 12.3 Å². The van der Waals surface area contributed by atoms with Crippen LogP contribution in [0.5, 0.6) is 0 Å². The van der Waals surface area contributed by atoms with Gasteiger partial charge in [0.15, 0.2) is 0 Å². The van der Waals surface area contributed by atoms with Crippen LogP contribution in [0.1, 0.15) is 19.9 Å². The van der Waals surface area contributed by atoms with E-state index < -0.39 is 15.9 Å². The molecule has 0 aliphatic rings. The summed E-state index contributed by atoms with van der Waals surface area (Å²) in [6.07, 6.45) is 2.63. The Bertz CT molecular complexity index is 521. The third kappa shape index (κ3) is 3.81. The minimum atomic E-state index is -3.35. The van der Waals surface area contributed by atoms with E-state index in [1.807, 2.05) is 13.8 Å². The van der Waals surface area contributed by atoms with Gasteiger partial charge in [0, 0.05) is 19.2 Å². The van der Waals surface area contributed by atoms with Crippen molar-refractivity contribution in [2.24, 2.45) is 0 Å². The molecule has 0 saturated heterocycles. The van der Waals surface area contributed by atoms with Crippen LogP contribution in [0.15, 0.2) is 12.3 Å². The molecule has 7 nitrogen and oxygen atoms in total. The third-order valence-corrected chi connectivity index (χ3v) is 3.62. The Morgan fingerprint density at radius 1 is 1.56 bits per heavy atom. The van der Waals surface area contributed by atoms with Gasteiger partial charge in [-0.1, -0.05) is 0 Å². The number of likely N-dealkylation sites (N-methyl/N-ethyl adjacent to an activating group) is 1. The first-order chi connectivity index (χ1) is 8.21. The zero-order valence-electron chi connectivity index (χ0n) is 10.9. The summed E-state index contributed by atoms with van der Waals surface area (Å²) < 4.78 is 25.0. The van der Waals surface area contributed by atoms with E-state index in [9.17, 15) is 13.2 Å². The number of amides is 1. The summed E-state index contributed by atoms with van der Waals surface area (Å²) in [5.41, 5.74) is 0. The van der Waals surface area contributed by atoms with E-state index in [1.54, 1.807) is 16.9 Å². The predicted octanol–water partition coefficient (Wildman–Crippen LogP) is 0.294. The van der Waals surface area contributed by atoms with E-state index in [0.717, 1.165) is 10.6 Å². The number of carbonyl (C=O) groups excluding carboxylic acids is 1. The van der Waals surface area contributed by atoms with Gasteiger partial charge in [-0.2, -0.15) is 9.40 Å². The Morgan fingerprint density at radius 2 is 2.17 bits per heavy atom. The largest absolute Gasteiger partial charge is 0.310 e. The molecule has 0 saturated carbocycles. The molecule has 0 spiro atoms. The van der Waals surface area contributed by atoms with E-state index in [2.05, 4.69) is 10.4 Å². The average molecular weight is 274 g/mol. The van der Waals surface area contributed by atoms with Gasteiger partial charge in [-0.05, 0) is 13.8 Å². The molecule has 0 unspecified atom stereocenters. The number of anilines is 1. The van der Waals surface area contributed by atoms with Crippen molar-refractivity contribution in [1.29, 1.82) is 0 Å². The summed E-state index contributed by atoms with van der Waals surface area (Å²) in [6.45, 7) is 3.65. The van der Waals surface area contributed by atoms with Crippen LogP contribution in [0.4, 0.5) is 5.82 Å². The third-order valence-electron chi connectivity index (χ3n) is 2.36. The Morgan fingerprint density at radius 3 is 2.67 bits per heavy atom. The molecule has 1 aromatic heterocycles. The Balaban J connectivity index is 2.68. The molecule has 8 heteroatoms.